The second kappa shape index (κ2) is 15.0. The first-order valence-corrected chi connectivity index (χ1v) is 10.8. The Morgan fingerprint density at radius 1 is 1.03 bits per heavy atom. The molecule has 0 aliphatic heterocycles. The van der Waals surface area contributed by atoms with Crippen LogP contribution in [0, 0.1) is 18.4 Å². The second-order valence-electron chi connectivity index (χ2n) is 7.45. The molecule has 1 radical (unpaired) electrons. The summed E-state index contributed by atoms with van der Waals surface area (Å²) in [5.41, 5.74) is 1.25. The van der Waals surface area contributed by atoms with Crippen molar-refractivity contribution in [3.63, 3.8) is 0 Å². The molecular formula is C22H33N3O2PZr. The minimum Gasteiger partial charge on any atom is -0.853 e. The van der Waals surface area contributed by atoms with Gasteiger partial charge in [-0.15, -0.1) is 30.3 Å². The maximum absolute atomic E-state index is 11.1. The standard InChI is InChI=1S/C19H32N3P.C3HO2.Zr/c1-14(2)21(15(3)4)23(22(16(5)6)17(7)8)19(20)18-12-10-9-11-13-18;1-2-3(4)5;/h9-12,14-17H,1-8H3;(H,4,5);/q-2;-1;+3. The molecule has 0 amide bonds. The normalized spacial score (nSPS) is 11.0. The zero-order chi connectivity index (χ0) is 22.0. The fourth-order valence-corrected chi connectivity index (χ4v) is 5.83. The molecule has 0 saturated carbocycles. The molecule has 0 atom stereocenters. The Morgan fingerprint density at radius 2 is 1.41 bits per heavy atom. The van der Waals surface area contributed by atoms with Gasteiger partial charge in [0.15, 0.2) is 0 Å². The smallest absolute Gasteiger partial charge is 0.853 e. The van der Waals surface area contributed by atoms with Crippen molar-refractivity contribution in [2.24, 2.45) is 0 Å². The molecule has 0 heterocycles. The van der Waals surface area contributed by atoms with Crippen LogP contribution in [0.5, 0.6) is 0 Å². The molecule has 1 aromatic carbocycles. The molecule has 1 aromatic rings. The third-order valence-corrected chi connectivity index (χ3v) is 7.14. The van der Waals surface area contributed by atoms with E-state index in [4.69, 9.17) is 16.3 Å². The summed E-state index contributed by atoms with van der Waals surface area (Å²) < 4.78 is 4.87. The minimum atomic E-state index is -1.33. The van der Waals surface area contributed by atoms with E-state index < -0.39 is 14.2 Å². The summed E-state index contributed by atoms with van der Waals surface area (Å²) in [6.45, 7) is 17.6. The summed E-state index contributed by atoms with van der Waals surface area (Å²) in [7, 11) is -0.975. The van der Waals surface area contributed by atoms with Gasteiger partial charge in [0.05, 0.1) is 0 Å². The number of nitrogens with zero attached hydrogens (tertiary/aromatic N) is 3. The maximum atomic E-state index is 11.1. The maximum Gasteiger partial charge on any atom is 3.00 e. The molecular weight excluding hydrogens is 460 g/mol. The van der Waals surface area contributed by atoms with Crippen LogP contribution in [0.15, 0.2) is 24.3 Å². The van der Waals surface area contributed by atoms with E-state index >= 15 is 0 Å². The van der Waals surface area contributed by atoms with Crippen molar-refractivity contribution in [3.05, 3.63) is 47.7 Å². The van der Waals surface area contributed by atoms with Gasteiger partial charge < -0.3 is 21.7 Å². The van der Waals surface area contributed by atoms with Gasteiger partial charge in [0.25, 0.3) is 0 Å². The number of benzene rings is 1. The van der Waals surface area contributed by atoms with Gasteiger partial charge in [-0.3, -0.25) is 9.34 Å². The fraction of sp³-hybridized carbons (Fsp3) is 0.545. The first kappa shape index (κ1) is 30.3. The van der Waals surface area contributed by atoms with E-state index in [0.29, 0.717) is 29.6 Å². The zero-order valence-electron chi connectivity index (χ0n) is 18.8. The van der Waals surface area contributed by atoms with Crippen molar-refractivity contribution in [1.82, 2.24) is 9.34 Å². The predicted molar refractivity (Wildman–Crippen MR) is 119 cm³/mol. The molecule has 0 saturated heterocycles. The number of hydrogen-bond acceptors (Lipinski definition) is 3. The average Bonchev–Trinajstić information content (AvgIpc) is 2.60. The Morgan fingerprint density at radius 3 is 1.66 bits per heavy atom. The number of hydrogen-bond donors (Lipinski definition) is 1. The summed E-state index contributed by atoms with van der Waals surface area (Å²) in [6, 6.07) is 12.3. The largest absolute Gasteiger partial charge is 3.00 e. The van der Waals surface area contributed by atoms with Crippen molar-refractivity contribution in [2.75, 3.05) is 0 Å². The SMILES string of the molecule is CC(C)N(C(C)C)P(C(=[N-])c1[c-]cccc1)N(C(C)C)C(C)C.[C-]#CC(=O)O.[Zr+3]. The molecule has 5 nitrogen and oxygen atoms in total. The van der Waals surface area contributed by atoms with Crippen molar-refractivity contribution in [1.29, 1.82) is 0 Å². The Kier molecular flexibility index (Phi) is 15.7. The molecule has 1 rings (SSSR count). The van der Waals surface area contributed by atoms with Gasteiger partial charge >= 0.3 is 26.2 Å². The number of carbonyl (C=O) groups is 1. The average molecular weight is 494 g/mol. The van der Waals surface area contributed by atoms with Crippen LogP contribution < -0.4 is 0 Å². The van der Waals surface area contributed by atoms with Gasteiger partial charge in [-0.2, -0.15) is 5.56 Å². The van der Waals surface area contributed by atoms with Crippen LogP contribution in [0.3, 0.4) is 0 Å². The van der Waals surface area contributed by atoms with Crippen LogP contribution in [0.4, 0.5) is 0 Å². The van der Waals surface area contributed by atoms with Crippen LogP contribution in [0.2, 0.25) is 0 Å². The first-order chi connectivity index (χ1) is 12.9. The fourth-order valence-electron chi connectivity index (χ4n) is 3.05. The topological polar surface area (TPSA) is 66.1 Å². The molecule has 0 fully saturated rings. The van der Waals surface area contributed by atoms with E-state index in [1.807, 2.05) is 24.3 Å². The molecule has 0 unspecified atom stereocenters. The summed E-state index contributed by atoms with van der Waals surface area (Å²) in [5, 5.41) is 18.6. The Bertz CT molecular complexity index is 622. The van der Waals surface area contributed by atoms with Crippen LogP contribution >= 0.6 is 8.22 Å². The predicted octanol–water partition coefficient (Wildman–Crippen LogP) is 5.01. The Labute approximate surface area is 197 Å². The number of carboxylic acids is 1. The van der Waals surface area contributed by atoms with Crippen LogP contribution in [0.25, 0.3) is 5.41 Å². The third kappa shape index (κ3) is 10.1. The van der Waals surface area contributed by atoms with Gasteiger partial charge in [-0.25, -0.2) is 11.4 Å². The van der Waals surface area contributed by atoms with Crippen LogP contribution in [0.1, 0.15) is 61.0 Å². The molecule has 0 aromatic heterocycles. The number of aliphatic carboxylic acids is 1. The summed E-state index contributed by atoms with van der Waals surface area (Å²) in [5.74, 6) is -0.134. The monoisotopic (exact) mass is 492 g/mol. The van der Waals surface area contributed by atoms with Gasteiger partial charge in [-0.1, -0.05) is 0 Å². The van der Waals surface area contributed by atoms with Crippen LogP contribution in [-0.2, 0) is 31.0 Å². The number of carboxylic acid groups (broad SMARTS) is 1. The molecule has 1 N–H and O–H groups in total. The molecule has 0 aliphatic carbocycles. The number of rotatable bonds is 8. The summed E-state index contributed by atoms with van der Waals surface area (Å²) in [6.07, 6.45) is 5.81. The second-order valence-corrected chi connectivity index (χ2v) is 9.38. The molecule has 29 heavy (non-hydrogen) atoms. The van der Waals surface area contributed by atoms with E-state index in [-0.39, 0.29) is 26.2 Å². The molecule has 0 aliphatic rings. The van der Waals surface area contributed by atoms with Gasteiger partial charge in [0.2, 0.25) is 5.97 Å². The van der Waals surface area contributed by atoms with E-state index in [2.05, 4.69) is 70.8 Å². The van der Waals surface area contributed by atoms with Crippen LogP contribution in [-0.4, -0.2) is 50.0 Å². The Balaban J connectivity index is 0. The third-order valence-electron chi connectivity index (χ3n) is 3.80. The molecule has 0 spiro atoms. The van der Waals surface area contributed by atoms with E-state index in [9.17, 15) is 5.41 Å². The van der Waals surface area contributed by atoms with Gasteiger partial charge in [-0.05, 0) is 55.4 Å². The van der Waals surface area contributed by atoms with E-state index in [1.54, 1.807) is 0 Å². The summed E-state index contributed by atoms with van der Waals surface area (Å²) >= 11 is 0. The van der Waals surface area contributed by atoms with Crippen molar-refractivity contribution < 1.29 is 36.1 Å². The van der Waals surface area contributed by atoms with Crippen molar-refractivity contribution in [2.45, 2.75) is 79.6 Å². The quantitative estimate of drug-likeness (QED) is 0.239. The zero-order valence-corrected chi connectivity index (χ0v) is 22.1. The molecule has 0 bridgehead atoms. The van der Waals surface area contributed by atoms with Crippen molar-refractivity contribution in [3.8, 4) is 5.92 Å². The molecule has 7 heteroatoms. The van der Waals surface area contributed by atoms with E-state index in [0.717, 1.165) is 5.56 Å². The van der Waals surface area contributed by atoms with Gasteiger partial charge in [0, 0.05) is 32.4 Å². The molecule has 157 valence electrons. The van der Waals surface area contributed by atoms with E-state index in [1.165, 1.54) is 5.92 Å². The van der Waals surface area contributed by atoms with Gasteiger partial charge in [0.1, 0.15) is 0 Å². The minimum absolute atomic E-state index is 0. The van der Waals surface area contributed by atoms with Crippen molar-refractivity contribution >= 4 is 19.6 Å². The summed E-state index contributed by atoms with van der Waals surface area (Å²) in [4.78, 5) is 9.07. The first-order valence-electron chi connectivity index (χ1n) is 9.50. The Hall–Kier alpha value is -0.847.